The van der Waals surface area contributed by atoms with Crippen molar-refractivity contribution in [1.82, 2.24) is 10.2 Å². The molecule has 0 amide bonds. The van der Waals surface area contributed by atoms with Crippen LogP contribution in [0.1, 0.15) is 32.6 Å². The van der Waals surface area contributed by atoms with Crippen molar-refractivity contribution in [3.8, 4) is 0 Å². The van der Waals surface area contributed by atoms with E-state index in [1.807, 2.05) is 0 Å². The Labute approximate surface area is 81.7 Å². The van der Waals surface area contributed by atoms with E-state index in [2.05, 4.69) is 17.1 Å². The molecule has 0 spiro atoms. The SMILES string of the molecule is CCCCN1CCC[C@@H]2CNC[C@@H]21. The molecule has 2 fully saturated rings. The lowest BCUT2D eigenvalue weighted by atomic mass is 9.92. The Morgan fingerprint density at radius 3 is 3.15 bits per heavy atom. The zero-order valence-corrected chi connectivity index (χ0v) is 8.76. The van der Waals surface area contributed by atoms with Crippen LogP contribution in [0, 0.1) is 5.92 Å². The molecule has 0 aromatic rings. The summed E-state index contributed by atoms with van der Waals surface area (Å²) >= 11 is 0. The van der Waals surface area contributed by atoms with Crippen molar-refractivity contribution in [3.63, 3.8) is 0 Å². The van der Waals surface area contributed by atoms with Crippen molar-refractivity contribution in [2.75, 3.05) is 26.2 Å². The minimum atomic E-state index is 0.875. The Bertz CT molecular complexity index is 158. The third kappa shape index (κ3) is 2.05. The van der Waals surface area contributed by atoms with Crippen LogP contribution in [0.3, 0.4) is 0 Å². The predicted octanol–water partition coefficient (Wildman–Crippen LogP) is 1.47. The number of nitrogens with one attached hydrogen (secondary N) is 1. The van der Waals surface area contributed by atoms with Gasteiger partial charge in [0.1, 0.15) is 0 Å². The Kier molecular flexibility index (Phi) is 3.23. The number of piperidine rings is 1. The Morgan fingerprint density at radius 1 is 1.38 bits per heavy atom. The van der Waals surface area contributed by atoms with Crippen LogP contribution in [-0.4, -0.2) is 37.1 Å². The summed E-state index contributed by atoms with van der Waals surface area (Å²) in [5.41, 5.74) is 0. The molecule has 2 atom stereocenters. The van der Waals surface area contributed by atoms with Crippen LogP contribution in [0.4, 0.5) is 0 Å². The monoisotopic (exact) mass is 182 g/mol. The molecule has 2 heterocycles. The van der Waals surface area contributed by atoms with Crippen molar-refractivity contribution in [2.45, 2.75) is 38.6 Å². The second kappa shape index (κ2) is 4.43. The average Bonchev–Trinajstić information content (AvgIpc) is 2.62. The van der Waals surface area contributed by atoms with Crippen LogP contribution in [0.25, 0.3) is 0 Å². The summed E-state index contributed by atoms with van der Waals surface area (Å²) in [5, 5.41) is 3.53. The maximum Gasteiger partial charge on any atom is 0.0260 e. The number of unbranched alkanes of at least 4 members (excludes halogenated alkanes) is 1. The van der Waals surface area contributed by atoms with Crippen molar-refractivity contribution in [3.05, 3.63) is 0 Å². The molecule has 0 radical (unpaired) electrons. The molecular weight excluding hydrogens is 160 g/mol. The van der Waals surface area contributed by atoms with Crippen molar-refractivity contribution in [1.29, 1.82) is 0 Å². The van der Waals surface area contributed by atoms with Crippen molar-refractivity contribution < 1.29 is 0 Å². The quantitative estimate of drug-likeness (QED) is 0.711. The molecule has 0 bridgehead atoms. The second-order valence-corrected chi connectivity index (χ2v) is 4.52. The molecule has 0 aromatic carbocycles. The highest BCUT2D eigenvalue weighted by Crippen LogP contribution is 2.26. The first-order valence-electron chi connectivity index (χ1n) is 5.86. The normalized spacial score (nSPS) is 34.8. The summed E-state index contributed by atoms with van der Waals surface area (Å²) in [6.45, 7) is 7.48. The summed E-state index contributed by atoms with van der Waals surface area (Å²) in [7, 11) is 0. The molecule has 13 heavy (non-hydrogen) atoms. The highest BCUT2D eigenvalue weighted by atomic mass is 15.2. The maximum atomic E-state index is 3.53. The van der Waals surface area contributed by atoms with Gasteiger partial charge in [-0.2, -0.15) is 0 Å². The van der Waals surface area contributed by atoms with Crippen LogP contribution in [-0.2, 0) is 0 Å². The van der Waals surface area contributed by atoms with E-state index >= 15 is 0 Å². The van der Waals surface area contributed by atoms with E-state index in [-0.39, 0.29) is 0 Å². The molecule has 76 valence electrons. The van der Waals surface area contributed by atoms with E-state index in [9.17, 15) is 0 Å². The van der Waals surface area contributed by atoms with Gasteiger partial charge in [0.15, 0.2) is 0 Å². The largest absolute Gasteiger partial charge is 0.315 e. The van der Waals surface area contributed by atoms with Crippen LogP contribution in [0.2, 0.25) is 0 Å². The highest BCUT2D eigenvalue weighted by Gasteiger charge is 2.34. The van der Waals surface area contributed by atoms with E-state index in [1.54, 1.807) is 0 Å². The molecular formula is C11H22N2. The fraction of sp³-hybridized carbons (Fsp3) is 1.00. The Morgan fingerprint density at radius 2 is 2.31 bits per heavy atom. The number of hydrogen-bond acceptors (Lipinski definition) is 2. The predicted molar refractivity (Wildman–Crippen MR) is 55.9 cm³/mol. The molecule has 1 N–H and O–H groups in total. The Hall–Kier alpha value is -0.0800. The third-order valence-corrected chi connectivity index (χ3v) is 3.59. The van der Waals surface area contributed by atoms with Crippen LogP contribution in [0.15, 0.2) is 0 Å². The molecule has 0 saturated carbocycles. The zero-order chi connectivity index (χ0) is 9.10. The van der Waals surface area contributed by atoms with E-state index < -0.39 is 0 Å². The van der Waals surface area contributed by atoms with Gasteiger partial charge >= 0.3 is 0 Å². The molecule has 0 aliphatic carbocycles. The van der Waals surface area contributed by atoms with Gasteiger partial charge in [0.25, 0.3) is 0 Å². The first kappa shape index (κ1) is 9.47. The number of nitrogens with zero attached hydrogens (tertiary/aromatic N) is 1. The summed E-state index contributed by atoms with van der Waals surface area (Å²) in [5.74, 6) is 0.964. The number of rotatable bonds is 3. The first-order valence-corrected chi connectivity index (χ1v) is 5.86. The topological polar surface area (TPSA) is 15.3 Å². The van der Waals surface area contributed by atoms with E-state index in [0.717, 1.165) is 12.0 Å². The third-order valence-electron chi connectivity index (χ3n) is 3.59. The lowest BCUT2D eigenvalue weighted by Crippen LogP contribution is -2.45. The molecule has 2 aliphatic rings. The Balaban J connectivity index is 1.86. The molecule has 2 saturated heterocycles. The summed E-state index contributed by atoms with van der Waals surface area (Å²) in [6.07, 6.45) is 5.59. The molecule has 2 heteroatoms. The van der Waals surface area contributed by atoms with Crippen molar-refractivity contribution >= 4 is 0 Å². The van der Waals surface area contributed by atoms with Gasteiger partial charge in [-0.3, -0.25) is 4.90 Å². The van der Waals surface area contributed by atoms with Crippen molar-refractivity contribution in [2.24, 2.45) is 5.92 Å². The minimum Gasteiger partial charge on any atom is -0.315 e. The molecule has 2 rings (SSSR count). The van der Waals surface area contributed by atoms with Gasteiger partial charge in [0.05, 0.1) is 0 Å². The minimum absolute atomic E-state index is 0.875. The smallest absolute Gasteiger partial charge is 0.0260 e. The highest BCUT2D eigenvalue weighted by molar-refractivity contribution is 4.91. The fourth-order valence-corrected chi connectivity index (χ4v) is 2.80. The molecule has 2 nitrogen and oxygen atoms in total. The van der Waals surface area contributed by atoms with Gasteiger partial charge in [0, 0.05) is 12.6 Å². The van der Waals surface area contributed by atoms with E-state index in [1.165, 1.54) is 51.9 Å². The molecule has 0 unspecified atom stereocenters. The summed E-state index contributed by atoms with van der Waals surface area (Å²) in [6, 6.07) is 0.875. The van der Waals surface area contributed by atoms with Gasteiger partial charge in [-0.05, 0) is 44.8 Å². The lowest BCUT2D eigenvalue weighted by Gasteiger charge is -2.36. The van der Waals surface area contributed by atoms with E-state index in [4.69, 9.17) is 0 Å². The molecule has 2 aliphatic heterocycles. The second-order valence-electron chi connectivity index (χ2n) is 4.52. The number of fused-ring (bicyclic) bond motifs is 1. The summed E-state index contributed by atoms with van der Waals surface area (Å²) in [4.78, 5) is 2.72. The molecule has 0 aromatic heterocycles. The van der Waals surface area contributed by atoms with Gasteiger partial charge < -0.3 is 5.32 Å². The maximum absolute atomic E-state index is 3.53. The first-order chi connectivity index (χ1) is 6.42. The number of hydrogen-bond donors (Lipinski definition) is 1. The van der Waals surface area contributed by atoms with Gasteiger partial charge in [-0.25, -0.2) is 0 Å². The van der Waals surface area contributed by atoms with Gasteiger partial charge in [0.2, 0.25) is 0 Å². The van der Waals surface area contributed by atoms with Crippen LogP contribution >= 0.6 is 0 Å². The zero-order valence-electron chi connectivity index (χ0n) is 8.76. The lowest BCUT2D eigenvalue weighted by molar-refractivity contribution is 0.123. The standard InChI is InChI=1S/C11H22N2/c1-2-3-6-13-7-4-5-10-8-12-9-11(10)13/h10-12H,2-9H2,1H3/t10-,11+/m1/s1. The van der Waals surface area contributed by atoms with Crippen LogP contribution in [0.5, 0.6) is 0 Å². The summed E-state index contributed by atoms with van der Waals surface area (Å²) < 4.78 is 0. The fourth-order valence-electron chi connectivity index (χ4n) is 2.80. The van der Waals surface area contributed by atoms with E-state index in [0.29, 0.717) is 0 Å². The van der Waals surface area contributed by atoms with Gasteiger partial charge in [-0.1, -0.05) is 13.3 Å². The number of likely N-dealkylation sites (tertiary alicyclic amines) is 1. The van der Waals surface area contributed by atoms with Gasteiger partial charge in [-0.15, -0.1) is 0 Å². The average molecular weight is 182 g/mol. The van der Waals surface area contributed by atoms with Crippen LogP contribution < -0.4 is 5.32 Å².